The summed E-state index contributed by atoms with van der Waals surface area (Å²) in [5.41, 5.74) is 0. The van der Waals surface area contributed by atoms with Crippen molar-refractivity contribution in [2.45, 2.75) is 257 Å². The lowest BCUT2D eigenvalue weighted by Crippen LogP contribution is -2.45. The fourth-order valence-corrected chi connectivity index (χ4v) is 6.93. The molecule has 0 aliphatic heterocycles. The highest BCUT2D eigenvalue weighted by molar-refractivity contribution is 5.76. The summed E-state index contributed by atoms with van der Waals surface area (Å²) in [6, 6.07) is -0.738. The second-order valence-electron chi connectivity index (χ2n) is 15.3. The van der Waals surface area contributed by atoms with Crippen LogP contribution >= 0.6 is 0 Å². The van der Waals surface area contributed by atoms with Crippen LogP contribution in [0.2, 0.25) is 0 Å². The van der Waals surface area contributed by atoms with Gasteiger partial charge in [-0.2, -0.15) is 0 Å². The molecule has 0 aliphatic rings. The molecular formula is C44H87NO4. The molecule has 3 unspecified atom stereocenters. The molecule has 1 amide bonds. The molecule has 4 N–H and O–H groups in total. The van der Waals surface area contributed by atoms with E-state index in [-0.39, 0.29) is 18.9 Å². The summed E-state index contributed by atoms with van der Waals surface area (Å²) in [5, 5.41) is 33.2. The van der Waals surface area contributed by atoms with E-state index in [4.69, 9.17) is 0 Å². The van der Waals surface area contributed by atoms with Crippen molar-refractivity contribution < 1.29 is 20.1 Å². The maximum Gasteiger partial charge on any atom is 0.222 e. The van der Waals surface area contributed by atoms with Gasteiger partial charge < -0.3 is 20.6 Å². The van der Waals surface area contributed by atoms with Crippen molar-refractivity contribution in [1.82, 2.24) is 5.32 Å². The number of carbonyl (C=O) groups is 1. The van der Waals surface area contributed by atoms with Crippen LogP contribution in [0.3, 0.4) is 0 Å². The highest BCUT2D eigenvalue weighted by atomic mass is 16.3. The van der Waals surface area contributed by atoms with Gasteiger partial charge in [0.05, 0.1) is 31.3 Å². The quantitative estimate of drug-likeness (QED) is 0.0380. The van der Waals surface area contributed by atoms with Gasteiger partial charge in [-0.25, -0.2) is 0 Å². The molecule has 0 saturated carbocycles. The first-order valence-corrected chi connectivity index (χ1v) is 22.0. The SMILES string of the molecule is CCCCCCCCCCCCCCCCCCCCCCC/C=C/C(O)C(CO)NC(=O)CC(O)CCCCCCCCCCCCC. The van der Waals surface area contributed by atoms with Gasteiger partial charge in [-0.05, 0) is 19.3 Å². The lowest BCUT2D eigenvalue weighted by Gasteiger charge is -2.21. The van der Waals surface area contributed by atoms with E-state index < -0.39 is 18.2 Å². The zero-order chi connectivity index (χ0) is 35.9. The summed E-state index contributed by atoms with van der Waals surface area (Å²) in [5.74, 6) is -0.314. The fourth-order valence-electron chi connectivity index (χ4n) is 6.93. The average Bonchev–Trinajstić information content (AvgIpc) is 3.09. The molecule has 49 heavy (non-hydrogen) atoms. The predicted octanol–water partition coefficient (Wildman–Crippen LogP) is 12.4. The van der Waals surface area contributed by atoms with Gasteiger partial charge in [-0.1, -0.05) is 225 Å². The number of unbranched alkanes of at least 4 members (excludes halogenated alkanes) is 31. The summed E-state index contributed by atoms with van der Waals surface area (Å²) in [4.78, 5) is 12.4. The van der Waals surface area contributed by atoms with E-state index in [1.165, 1.54) is 186 Å². The maximum atomic E-state index is 12.4. The Balaban J connectivity index is 3.60. The Kier molecular flexibility index (Phi) is 39.1. The van der Waals surface area contributed by atoms with E-state index in [0.717, 1.165) is 25.7 Å². The van der Waals surface area contributed by atoms with Crippen molar-refractivity contribution in [2.75, 3.05) is 6.61 Å². The van der Waals surface area contributed by atoms with E-state index in [0.29, 0.717) is 6.42 Å². The van der Waals surface area contributed by atoms with Crippen molar-refractivity contribution >= 4 is 5.91 Å². The Labute approximate surface area is 306 Å². The Bertz CT molecular complexity index is 684. The summed E-state index contributed by atoms with van der Waals surface area (Å²) >= 11 is 0. The standard InChI is InChI=1S/C44H87NO4/c1-3-5-7-9-11-13-15-16-17-18-19-20-21-22-23-24-25-26-28-30-32-34-36-38-43(48)42(40-46)45-44(49)39-41(47)37-35-33-31-29-27-14-12-10-8-6-4-2/h36,38,41-43,46-48H,3-35,37,39-40H2,1-2H3,(H,45,49)/b38-36+. The molecule has 0 fully saturated rings. The second-order valence-corrected chi connectivity index (χ2v) is 15.3. The van der Waals surface area contributed by atoms with Gasteiger partial charge >= 0.3 is 0 Å². The van der Waals surface area contributed by atoms with Crippen LogP contribution in [0.4, 0.5) is 0 Å². The maximum absolute atomic E-state index is 12.4. The average molecular weight is 694 g/mol. The molecule has 0 saturated heterocycles. The molecule has 0 aromatic rings. The van der Waals surface area contributed by atoms with Crippen LogP contribution in [0.25, 0.3) is 0 Å². The van der Waals surface area contributed by atoms with E-state index in [2.05, 4.69) is 19.2 Å². The third-order valence-corrected chi connectivity index (χ3v) is 10.3. The fraction of sp³-hybridized carbons (Fsp3) is 0.932. The van der Waals surface area contributed by atoms with Gasteiger partial charge in [-0.3, -0.25) is 4.79 Å². The third kappa shape index (κ3) is 36.7. The van der Waals surface area contributed by atoms with Gasteiger partial charge in [0, 0.05) is 0 Å². The lowest BCUT2D eigenvalue weighted by atomic mass is 10.0. The summed E-state index contributed by atoms with van der Waals surface area (Å²) in [7, 11) is 0. The van der Waals surface area contributed by atoms with Crippen LogP contribution in [0.1, 0.15) is 239 Å². The van der Waals surface area contributed by atoms with Gasteiger partial charge in [0.15, 0.2) is 0 Å². The first-order valence-electron chi connectivity index (χ1n) is 22.0. The molecule has 3 atom stereocenters. The van der Waals surface area contributed by atoms with Crippen LogP contribution in [0, 0.1) is 0 Å². The zero-order valence-corrected chi connectivity index (χ0v) is 33.1. The van der Waals surface area contributed by atoms with Gasteiger partial charge in [0.2, 0.25) is 5.91 Å². The van der Waals surface area contributed by atoms with Gasteiger partial charge in [0.25, 0.3) is 0 Å². The zero-order valence-electron chi connectivity index (χ0n) is 33.1. The minimum atomic E-state index is -0.923. The molecule has 292 valence electrons. The number of rotatable bonds is 40. The Hall–Kier alpha value is -0.910. The monoisotopic (exact) mass is 694 g/mol. The van der Waals surface area contributed by atoms with Crippen molar-refractivity contribution in [1.29, 1.82) is 0 Å². The molecule has 0 bridgehead atoms. The van der Waals surface area contributed by atoms with E-state index in [9.17, 15) is 20.1 Å². The van der Waals surface area contributed by atoms with Crippen LogP contribution < -0.4 is 5.32 Å². The van der Waals surface area contributed by atoms with Crippen molar-refractivity contribution in [2.24, 2.45) is 0 Å². The van der Waals surface area contributed by atoms with E-state index >= 15 is 0 Å². The Morgan fingerprint density at radius 1 is 0.510 bits per heavy atom. The molecule has 0 aliphatic carbocycles. The first-order chi connectivity index (χ1) is 24.0. The topological polar surface area (TPSA) is 89.8 Å². The number of hydrogen-bond acceptors (Lipinski definition) is 4. The summed E-state index contributed by atoms with van der Waals surface area (Å²) in [6.45, 7) is 4.21. The van der Waals surface area contributed by atoms with Crippen LogP contribution in [-0.2, 0) is 4.79 Å². The molecule has 0 aromatic carbocycles. The molecule has 5 heteroatoms. The molecule has 0 aromatic heterocycles. The molecule has 0 rings (SSSR count). The normalized spacial score (nSPS) is 13.7. The smallest absolute Gasteiger partial charge is 0.222 e. The molecular weight excluding hydrogens is 606 g/mol. The molecule has 5 nitrogen and oxygen atoms in total. The highest BCUT2D eigenvalue weighted by Crippen LogP contribution is 2.16. The minimum Gasteiger partial charge on any atom is -0.394 e. The van der Waals surface area contributed by atoms with Crippen LogP contribution in [-0.4, -0.2) is 46.1 Å². The highest BCUT2D eigenvalue weighted by Gasteiger charge is 2.20. The van der Waals surface area contributed by atoms with Gasteiger partial charge in [-0.15, -0.1) is 0 Å². The summed E-state index contributed by atoms with van der Waals surface area (Å²) in [6.07, 6.45) is 46.5. The Morgan fingerprint density at radius 2 is 0.837 bits per heavy atom. The largest absolute Gasteiger partial charge is 0.394 e. The lowest BCUT2D eigenvalue weighted by molar-refractivity contribution is -0.124. The molecule has 0 spiro atoms. The molecule has 0 heterocycles. The number of aliphatic hydroxyl groups excluding tert-OH is 3. The van der Waals surface area contributed by atoms with E-state index in [1.807, 2.05) is 6.08 Å². The van der Waals surface area contributed by atoms with Crippen molar-refractivity contribution in [3.63, 3.8) is 0 Å². The van der Waals surface area contributed by atoms with Gasteiger partial charge in [0.1, 0.15) is 0 Å². The first kappa shape index (κ1) is 48.1. The molecule has 0 radical (unpaired) electrons. The number of hydrogen-bond donors (Lipinski definition) is 4. The van der Waals surface area contributed by atoms with Crippen LogP contribution in [0.5, 0.6) is 0 Å². The number of amides is 1. The van der Waals surface area contributed by atoms with E-state index in [1.54, 1.807) is 6.08 Å². The second kappa shape index (κ2) is 39.9. The number of aliphatic hydroxyl groups is 3. The number of allylic oxidation sites excluding steroid dienone is 1. The summed E-state index contributed by atoms with van der Waals surface area (Å²) < 4.78 is 0. The third-order valence-electron chi connectivity index (χ3n) is 10.3. The minimum absolute atomic E-state index is 0.0180. The van der Waals surface area contributed by atoms with Crippen molar-refractivity contribution in [3.05, 3.63) is 12.2 Å². The van der Waals surface area contributed by atoms with Crippen LogP contribution in [0.15, 0.2) is 12.2 Å². The van der Waals surface area contributed by atoms with Crippen molar-refractivity contribution in [3.8, 4) is 0 Å². The number of nitrogens with one attached hydrogen (secondary N) is 1. The predicted molar refractivity (Wildman–Crippen MR) is 213 cm³/mol. The Morgan fingerprint density at radius 3 is 1.18 bits per heavy atom. The number of carbonyl (C=O) groups excluding carboxylic acids is 1.